The molecule has 0 aliphatic carbocycles. The summed E-state index contributed by atoms with van der Waals surface area (Å²) in [6, 6.07) is 9.71. The molecule has 0 aliphatic rings. The summed E-state index contributed by atoms with van der Waals surface area (Å²) in [6.45, 7) is 3.92. The highest BCUT2D eigenvalue weighted by Gasteiger charge is 2.18. The zero-order chi connectivity index (χ0) is 14.9. The molecule has 2 aromatic rings. The van der Waals surface area contributed by atoms with E-state index >= 15 is 0 Å². The predicted molar refractivity (Wildman–Crippen MR) is 78.4 cm³/mol. The molecule has 0 bridgehead atoms. The summed E-state index contributed by atoms with van der Waals surface area (Å²) >= 11 is 0. The summed E-state index contributed by atoms with van der Waals surface area (Å²) in [4.78, 5) is 13.8. The zero-order valence-corrected chi connectivity index (χ0v) is 11.7. The molecule has 0 atom stereocenters. The molecule has 2 aromatic carbocycles. The number of carbonyl (C=O) groups excluding carboxylic acids is 1. The van der Waals surface area contributed by atoms with Gasteiger partial charge >= 0.3 is 0 Å². The van der Waals surface area contributed by atoms with E-state index in [0.717, 1.165) is 16.8 Å². The molecule has 0 fully saturated rings. The molecular formula is C16H17NO3. The van der Waals surface area contributed by atoms with Crippen molar-refractivity contribution in [2.45, 2.75) is 13.8 Å². The van der Waals surface area contributed by atoms with Crippen LogP contribution >= 0.6 is 0 Å². The second-order valence-corrected chi connectivity index (χ2v) is 4.91. The first kappa shape index (κ1) is 13.9. The predicted octanol–water partition coefficient (Wildman–Crippen LogP) is 2.99. The molecule has 0 radical (unpaired) electrons. The summed E-state index contributed by atoms with van der Waals surface area (Å²) in [6.07, 6.45) is 0. The maximum atomic E-state index is 12.4. The molecule has 0 aliphatic heterocycles. The minimum Gasteiger partial charge on any atom is -0.508 e. The largest absolute Gasteiger partial charge is 0.508 e. The van der Waals surface area contributed by atoms with Gasteiger partial charge < -0.3 is 15.1 Å². The zero-order valence-electron chi connectivity index (χ0n) is 11.7. The average Bonchev–Trinajstić information content (AvgIpc) is 2.38. The Kier molecular flexibility index (Phi) is 3.66. The lowest BCUT2D eigenvalue weighted by Crippen LogP contribution is -2.26. The van der Waals surface area contributed by atoms with E-state index < -0.39 is 0 Å². The molecule has 0 saturated carbocycles. The highest BCUT2D eigenvalue weighted by atomic mass is 16.3. The van der Waals surface area contributed by atoms with Gasteiger partial charge in [-0.1, -0.05) is 6.07 Å². The smallest absolute Gasteiger partial charge is 0.261 e. The van der Waals surface area contributed by atoms with E-state index in [1.807, 2.05) is 32.0 Å². The van der Waals surface area contributed by atoms with Crippen molar-refractivity contribution in [3.8, 4) is 11.5 Å². The van der Waals surface area contributed by atoms with Crippen molar-refractivity contribution in [1.82, 2.24) is 0 Å². The van der Waals surface area contributed by atoms with E-state index in [0.29, 0.717) is 0 Å². The van der Waals surface area contributed by atoms with Crippen LogP contribution in [0.2, 0.25) is 0 Å². The number of phenols is 2. The number of rotatable bonds is 2. The van der Waals surface area contributed by atoms with Crippen LogP contribution in [-0.2, 0) is 0 Å². The van der Waals surface area contributed by atoms with Gasteiger partial charge in [-0.25, -0.2) is 0 Å². The number of amides is 1. The molecule has 0 saturated heterocycles. The number of benzene rings is 2. The maximum Gasteiger partial charge on any atom is 0.261 e. The van der Waals surface area contributed by atoms with Gasteiger partial charge in [0.25, 0.3) is 5.91 Å². The fraction of sp³-hybridized carbons (Fsp3) is 0.188. The Balaban J connectivity index is 2.39. The Morgan fingerprint density at radius 1 is 1.00 bits per heavy atom. The molecule has 0 aromatic heterocycles. The quantitative estimate of drug-likeness (QED) is 0.825. The fourth-order valence-corrected chi connectivity index (χ4v) is 2.14. The number of aromatic hydroxyl groups is 2. The molecule has 104 valence electrons. The van der Waals surface area contributed by atoms with Crippen LogP contribution in [0, 0.1) is 13.8 Å². The summed E-state index contributed by atoms with van der Waals surface area (Å²) in [5.41, 5.74) is 2.93. The summed E-state index contributed by atoms with van der Waals surface area (Å²) < 4.78 is 0. The number of carbonyl (C=O) groups is 1. The van der Waals surface area contributed by atoms with Crippen LogP contribution in [0.1, 0.15) is 21.5 Å². The molecular weight excluding hydrogens is 254 g/mol. The molecule has 0 heterocycles. The standard InChI is InChI=1S/C16H17NO3/c1-10-6-11(2)8-12(7-10)17(3)16(20)14-9-13(18)4-5-15(14)19/h4-9,18-19H,1-3H3. The minimum absolute atomic E-state index is 0.0556. The number of anilines is 1. The van der Waals surface area contributed by atoms with Crippen LogP contribution in [0.25, 0.3) is 0 Å². The van der Waals surface area contributed by atoms with Gasteiger partial charge in [-0.15, -0.1) is 0 Å². The van der Waals surface area contributed by atoms with E-state index in [9.17, 15) is 15.0 Å². The molecule has 1 amide bonds. The lowest BCUT2D eigenvalue weighted by Gasteiger charge is -2.19. The van der Waals surface area contributed by atoms with Gasteiger partial charge in [0.2, 0.25) is 0 Å². The first-order chi connectivity index (χ1) is 9.38. The van der Waals surface area contributed by atoms with E-state index in [2.05, 4.69) is 0 Å². The topological polar surface area (TPSA) is 60.8 Å². The number of hydrogen-bond donors (Lipinski definition) is 2. The van der Waals surface area contributed by atoms with E-state index in [1.165, 1.54) is 23.1 Å². The maximum absolute atomic E-state index is 12.4. The highest BCUT2D eigenvalue weighted by molar-refractivity contribution is 6.07. The molecule has 2 N–H and O–H groups in total. The lowest BCUT2D eigenvalue weighted by molar-refractivity contribution is 0.0990. The minimum atomic E-state index is -0.372. The first-order valence-electron chi connectivity index (χ1n) is 6.27. The molecule has 0 unspecified atom stereocenters. The Labute approximate surface area is 117 Å². The van der Waals surface area contributed by atoms with Crippen LogP contribution in [0.3, 0.4) is 0 Å². The van der Waals surface area contributed by atoms with Crippen molar-refractivity contribution in [2.24, 2.45) is 0 Å². The van der Waals surface area contributed by atoms with Crippen LogP contribution in [-0.4, -0.2) is 23.2 Å². The molecule has 20 heavy (non-hydrogen) atoms. The Morgan fingerprint density at radius 3 is 2.20 bits per heavy atom. The Bertz CT molecular complexity index is 645. The summed E-state index contributed by atoms with van der Waals surface area (Å²) in [5, 5.41) is 19.2. The molecule has 4 nitrogen and oxygen atoms in total. The van der Waals surface area contributed by atoms with Gasteiger partial charge in [0.15, 0.2) is 0 Å². The average molecular weight is 271 g/mol. The lowest BCUT2D eigenvalue weighted by atomic mass is 10.1. The third-order valence-electron chi connectivity index (χ3n) is 3.11. The molecule has 0 spiro atoms. The summed E-state index contributed by atoms with van der Waals surface area (Å²) in [7, 11) is 1.64. The summed E-state index contributed by atoms with van der Waals surface area (Å²) in [5.74, 6) is -0.576. The van der Waals surface area contributed by atoms with Crippen LogP contribution in [0.4, 0.5) is 5.69 Å². The second-order valence-electron chi connectivity index (χ2n) is 4.91. The van der Waals surface area contributed by atoms with Crippen molar-refractivity contribution in [2.75, 3.05) is 11.9 Å². The molecule has 2 rings (SSSR count). The van der Waals surface area contributed by atoms with E-state index in [-0.39, 0.29) is 23.0 Å². The van der Waals surface area contributed by atoms with Crippen LogP contribution in [0.15, 0.2) is 36.4 Å². The van der Waals surface area contributed by atoms with Crippen LogP contribution in [0.5, 0.6) is 11.5 Å². The van der Waals surface area contributed by atoms with Gasteiger partial charge in [0.05, 0.1) is 5.56 Å². The SMILES string of the molecule is Cc1cc(C)cc(N(C)C(=O)c2cc(O)ccc2O)c1. The van der Waals surface area contributed by atoms with Crippen molar-refractivity contribution in [3.63, 3.8) is 0 Å². The third kappa shape index (κ3) is 2.74. The van der Waals surface area contributed by atoms with Crippen molar-refractivity contribution in [3.05, 3.63) is 53.1 Å². The normalized spacial score (nSPS) is 10.3. The monoisotopic (exact) mass is 271 g/mol. The number of phenolic OH excluding ortho intramolecular Hbond substituents is 2. The van der Waals surface area contributed by atoms with E-state index in [1.54, 1.807) is 7.05 Å². The van der Waals surface area contributed by atoms with Gasteiger partial charge in [-0.05, 0) is 55.3 Å². The van der Waals surface area contributed by atoms with Crippen molar-refractivity contribution >= 4 is 11.6 Å². The van der Waals surface area contributed by atoms with Crippen LogP contribution < -0.4 is 4.90 Å². The molecule has 4 heteroatoms. The Hall–Kier alpha value is -2.49. The Morgan fingerprint density at radius 2 is 1.60 bits per heavy atom. The van der Waals surface area contributed by atoms with E-state index in [4.69, 9.17) is 0 Å². The first-order valence-corrected chi connectivity index (χ1v) is 6.27. The van der Waals surface area contributed by atoms with Crippen molar-refractivity contribution < 1.29 is 15.0 Å². The number of nitrogens with zero attached hydrogens (tertiary/aromatic N) is 1. The third-order valence-corrected chi connectivity index (χ3v) is 3.11. The number of hydrogen-bond acceptors (Lipinski definition) is 3. The van der Waals surface area contributed by atoms with Gasteiger partial charge in [-0.3, -0.25) is 4.79 Å². The number of aryl methyl sites for hydroxylation is 2. The van der Waals surface area contributed by atoms with Gasteiger partial charge in [-0.2, -0.15) is 0 Å². The van der Waals surface area contributed by atoms with Gasteiger partial charge in [0.1, 0.15) is 11.5 Å². The van der Waals surface area contributed by atoms with Gasteiger partial charge in [0, 0.05) is 12.7 Å². The van der Waals surface area contributed by atoms with Crippen molar-refractivity contribution in [1.29, 1.82) is 0 Å². The second kappa shape index (κ2) is 5.25. The highest BCUT2D eigenvalue weighted by Crippen LogP contribution is 2.26. The fourth-order valence-electron chi connectivity index (χ4n) is 2.14.